The average Bonchev–Trinajstić information content (AvgIpc) is 2.61. The van der Waals surface area contributed by atoms with Crippen LogP contribution >= 0.6 is 11.6 Å². The number of carbonyl (C=O) groups is 1. The van der Waals surface area contributed by atoms with Gasteiger partial charge in [-0.1, -0.05) is 11.6 Å². The second kappa shape index (κ2) is 6.98. The Kier molecular flexibility index (Phi) is 4.76. The van der Waals surface area contributed by atoms with Gasteiger partial charge in [-0.2, -0.15) is 0 Å². The van der Waals surface area contributed by atoms with E-state index in [1.807, 2.05) is 0 Å². The lowest BCUT2D eigenvalue weighted by Gasteiger charge is -2.24. The number of hydrogen-bond acceptors (Lipinski definition) is 6. The number of ether oxygens (including phenoxy) is 3. The fraction of sp³-hybridized carbons (Fsp3) is 0.235. The lowest BCUT2D eigenvalue weighted by Crippen LogP contribution is -2.31. The van der Waals surface area contributed by atoms with Crippen LogP contribution in [0.3, 0.4) is 0 Å². The molecular weight excluding hydrogens is 350 g/mol. The van der Waals surface area contributed by atoms with Gasteiger partial charge in [0.1, 0.15) is 18.1 Å². The van der Waals surface area contributed by atoms with Crippen molar-refractivity contribution in [1.82, 2.24) is 0 Å². The fourth-order valence-corrected chi connectivity index (χ4v) is 2.75. The summed E-state index contributed by atoms with van der Waals surface area (Å²) in [6.07, 6.45) is 0.388. The van der Waals surface area contributed by atoms with Crippen LogP contribution in [0.15, 0.2) is 36.4 Å². The smallest absolute Gasteiger partial charge is 0.318 e. The van der Waals surface area contributed by atoms with Crippen LogP contribution in [0, 0.1) is 16.0 Å². The van der Waals surface area contributed by atoms with Gasteiger partial charge >= 0.3 is 11.7 Å². The van der Waals surface area contributed by atoms with E-state index in [-0.39, 0.29) is 18.0 Å². The number of nitro benzene ring substituents is 1. The summed E-state index contributed by atoms with van der Waals surface area (Å²) in [5.41, 5.74) is 0.456. The van der Waals surface area contributed by atoms with E-state index in [1.165, 1.54) is 25.3 Å². The first-order valence-corrected chi connectivity index (χ1v) is 7.81. The first-order chi connectivity index (χ1) is 12.0. The number of hydrogen-bond donors (Lipinski definition) is 0. The van der Waals surface area contributed by atoms with E-state index in [1.54, 1.807) is 18.2 Å². The minimum atomic E-state index is -0.627. The van der Waals surface area contributed by atoms with Crippen molar-refractivity contribution < 1.29 is 23.9 Å². The molecule has 7 nitrogen and oxygen atoms in total. The third-order valence-corrected chi connectivity index (χ3v) is 4.07. The van der Waals surface area contributed by atoms with Crippen LogP contribution < -0.4 is 14.2 Å². The maximum atomic E-state index is 12.4. The first-order valence-electron chi connectivity index (χ1n) is 7.43. The highest BCUT2D eigenvalue weighted by molar-refractivity contribution is 6.30. The molecule has 0 bridgehead atoms. The van der Waals surface area contributed by atoms with Crippen LogP contribution in [0.25, 0.3) is 0 Å². The second-order valence-electron chi connectivity index (χ2n) is 5.48. The third-order valence-electron chi connectivity index (χ3n) is 3.84. The quantitative estimate of drug-likeness (QED) is 0.358. The molecule has 3 rings (SSSR count). The molecule has 8 heteroatoms. The highest BCUT2D eigenvalue weighted by atomic mass is 35.5. The van der Waals surface area contributed by atoms with Crippen molar-refractivity contribution in [2.45, 2.75) is 6.42 Å². The number of rotatable bonds is 4. The van der Waals surface area contributed by atoms with Crippen molar-refractivity contribution in [3.05, 3.63) is 57.1 Å². The molecule has 0 amide bonds. The highest BCUT2D eigenvalue weighted by Crippen LogP contribution is 2.34. The lowest BCUT2D eigenvalue weighted by molar-refractivity contribution is -0.385. The predicted octanol–water partition coefficient (Wildman–Crippen LogP) is 3.41. The summed E-state index contributed by atoms with van der Waals surface area (Å²) in [5.74, 6) is -0.334. The molecule has 1 heterocycles. The number of benzene rings is 2. The molecule has 0 aliphatic carbocycles. The minimum Gasteiger partial charge on any atom is -0.496 e. The summed E-state index contributed by atoms with van der Waals surface area (Å²) < 4.78 is 15.7. The SMILES string of the molecule is COc1ccc(OC(=O)C2COc3ccc(Cl)cc3C2)c([N+](=O)[O-])c1. The molecule has 130 valence electrons. The maximum absolute atomic E-state index is 12.4. The number of fused-ring (bicyclic) bond motifs is 1. The molecule has 0 aromatic heterocycles. The Bertz CT molecular complexity index is 838. The van der Waals surface area contributed by atoms with Gasteiger partial charge in [-0.15, -0.1) is 0 Å². The molecular formula is C17H14ClNO6. The zero-order valence-corrected chi connectivity index (χ0v) is 14.0. The van der Waals surface area contributed by atoms with Gasteiger partial charge in [0, 0.05) is 5.02 Å². The van der Waals surface area contributed by atoms with E-state index in [9.17, 15) is 14.9 Å². The van der Waals surface area contributed by atoms with Gasteiger partial charge in [0.15, 0.2) is 0 Å². The van der Waals surface area contributed by atoms with E-state index < -0.39 is 16.8 Å². The van der Waals surface area contributed by atoms with Crippen molar-refractivity contribution in [2.75, 3.05) is 13.7 Å². The number of nitrogens with zero attached hydrogens (tertiary/aromatic N) is 1. The standard InChI is InChI=1S/C17H14ClNO6/c1-23-13-3-5-16(14(8-13)19(21)22)25-17(20)11-6-10-7-12(18)2-4-15(10)24-9-11/h2-5,7-8,11H,6,9H2,1H3. The normalized spacial score (nSPS) is 15.7. The number of halogens is 1. The Morgan fingerprint density at radius 3 is 2.84 bits per heavy atom. The largest absolute Gasteiger partial charge is 0.496 e. The maximum Gasteiger partial charge on any atom is 0.318 e. The summed E-state index contributed by atoms with van der Waals surface area (Å²) in [6.45, 7) is 0.136. The summed E-state index contributed by atoms with van der Waals surface area (Å²) in [5, 5.41) is 11.7. The van der Waals surface area contributed by atoms with E-state index in [0.29, 0.717) is 22.9 Å². The van der Waals surface area contributed by atoms with Crippen molar-refractivity contribution in [2.24, 2.45) is 5.92 Å². The van der Waals surface area contributed by atoms with Crippen molar-refractivity contribution in [3.63, 3.8) is 0 Å². The monoisotopic (exact) mass is 363 g/mol. The van der Waals surface area contributed by atoms with E-state index in [0.717, 1.165) is 5.56 Å². The lowest BCUT2D eigenvalue weighted by atomic mass is 9.97. The van der Waals surface area contributed by atoms with E-state index >= 15 is 0 Å². The van der Waals surface area contributed by atoms with Crippen LogP contribution in [0.1, 0.15) is 5.56 Å². The third kappa shape index (κ3) is 3.66. The summed E-state index contributed by atoms with van der Waals surface area (Å²) in [7, 11) is 1.40. The van der Waals surface area contributed by atoms with Gasteiger partial charge < -0.3 is 14.2 Å². The Labute approximate surface area is 148 Å². The molecule has 1 atom stereocenters. The predicted molar refractivity (Wildman–Crippen MR) is 89.4 cm³/mol. The molecule has 0 saturated heterocycles. The molecule has 1 aliphatic heterocycles. The molecule has 0 fully saturated rings. The molecule has 2 aromatic carbocycles. The van der Waals surface area contributed by atoms with Gasteiger partial charge in [-0.3, -0.25) is 14.9 Å². The summed E-state index contributed by atoms with van der Waals surface area (Å²) >= 11 is 5.96. The number of methoxy groups -OCH3 is 1. The molecule has 2 aromatic rings. The molecule has 0 radical (unpaired) electrons. The van der Waals surface area contributed by atoms with E-state index in [2.05, 4.69) is 0 Å². The van der Waals surface area contributed by atoms with Crippen molar-refractivity contribution in [1.29, 1.82) is 0 Å². The van der Waals surface area contributed by atoms with Crippen LogP contribution in [0.2, 0.25) is 5.02 Å². The first kappa shape index (κ1) is 17.0. The average molecular weight is 364 g/mol. The van der Waals surface area contributed by atoms with Gasteiger partial charge in [-0.25, -0.2) is 0 Å². The zero-order valence-electron chi connectivity index (χ0n) is 13.2. The second-order valence-corrected chi connectivity index (χ2v) is 5.91. The zero-order chi connectivity index (χ0) is 18.0. The molecule has 1 unspecified atom stereocenters. The topological polar surface area (TPSA) is 87.9 Å². The number of nitro groups is 1. The minimum absolute atomic E-state index is 0.132. The van der Waals surface area contributed by atoms with Crippen molar-refractivity contribution in [3.8, 4) is 17.2 Å². The number of esters is 1. The Morgan fingerprint density at radius 2 is 2.12 bits per heavy atom. The van der Waals surface area contributed by atoms with Gasteiger partial charge in [0.05, 0.1) is 24.0 Å². The molecule has 1 aliphatic rings. The highest BCUT2D eigenvalue weighted by Gasteiger charge is 2.29. The summed E-state index contributed by atoms with van der Waals surface area (Å²) in [4.78, 5) is 22.9. The van der Waals surface area contributed by atoms with Crippen molar-refractivity contribution >= 4 is 23.3 Å². The molecule has 25 heavy (non-hydrogen) atoms. The van der Waals surface area contributed by atoms with Crippen LogP contribution in [-0.2, 0) is 11.2 Å². The Balaban J connectivity index is 1.78. The van der Waals surface area contributed by atoms with Gasteiger partial charge in [0.25, 0.3) is 0 Å². The van der Waals surface area contributed by atoms with Crippen LogP contribution in [0.4, 0.5) is 5.69 Å². The molecule has 0 spiro atoms. The van der Waals surface area contributed by atoms with Crippen LogP contribution in [-0.4, -0.2) is 24.6 Å². The Hall–Kier alpha value is -2.80. The molecule has 0 saturated carbocycles. The number of carbonyl (C=O) groups excluding carboxylic acids is 1. The van der Waals surface area contributed by atoms with E-state index in [4.69, 9.17) is 25.8 Å². The van der Waals surface area contributed by atoms with Gasteiger partial charge in [-0.05, 0) is 42.3 Å². The van der Waals surface area contributed by atoms with Gasteiger partial charge in [0.2, 0.25) is 5.75 Å². The fourth-order valence-electron chi connectivity index (χ4n) is 2.56. The summed E-state index contributed by atoms with van der Waals surface area (Å²) in [6, 6.07) is 9.21. The Morgan fingerprint density at radius 1 is 1.32 bits per heavy atom. The molecule has 0 N–H and O–H groups in total. The van der Waals surface area contributed by atoms with Crippen LogP contribution in [0.5, 0.6) is 17.2 Å².